The summed E-state index contributed by atoms with van der Waals surface area (Å²) in [7, 11) is 1.25. The van der Waals surface area contributed by atoms with Crippen molar-refractivity contribution in [2.75, 3.05) is 13.7 Å². The van der Waals surface area contributed by atoms with Crippen molar-refractivity contribution in [3.63, 3.8) is 0 Å². The van der Waals surface area contributed by atoms with E-state index < -0.39 is 34.7 Å². The number of ether oxygens (including phenoxy) is 1. The molecule has 0 fully saturated rings. The van der Waals surface area contributed by atoms with Crippen LogP contribution < -0.4 is 10.1 Å². The van der Waals surface area contributed by atoms with Crippen LogP contribution in [0.1, 0.15) is 17.3 Å². The first-order valence-electron chi connectivity index (χ1n) is 4.55. The number of amides is 1. The van der Waals surface area contributed by atoms with E-state index in [2.05, 4.69) is 10.1 Å². The molecule has 1 N–H and O–H groups in total. The predicted molar refractivity (Wildman–Crippen MR) is 50.9 cm³/mol. The smallest absolute Gasteiger partial charge is 0.254 e. The van der Waals surface area contributed by atoms with Crippen molar-refractivity contribution in [1.29, 1.82) is 0 Å². The number of halogens is 3. The Kier molecular flexibility index (Phi) is 3.76. The third kappa shape index (κ3) is 2.10. The first-order chi connectivity index (χ1) is 7.52. The van der Waals surface area contributed by atoms with Crippen molar-refractivity contribution >= 4 is 5.91 Å². The summed E-state index contributed by atoms with van der Waals surface area (Å²) < 4.78 is 44.3. The van der Waals surface area contributed by atoms with Gasteiger partial charge in [0.05, 0.1) is 12.2 Å². The van der Waals surface area contributed by atoms with Crippen LogP contribution in [0, 0.1) is 17.5 Å². The summed E-state index contributed by atoms with van der Waals surface area (Å²) in [6, 6.07) is 0.492. The van der Waals surface area contributed by atoms with E-state index in [1.807, 2.05) is 0 Å². The lowest BCUT2D eigenvalue weighted by atomic mass is 10.1. The highest BCUT2D eigenvalue weighted by Gasteiger charge is 2.23. The Morgan fingerprint density at radius 2 is 2.00 bits per heavy atom. The SMILES string of the molecule is CCOc1c(F)c(F)cc(C(=O)NC)c1F. The van der Waals surface area contributed by atoms with E-state index in [1.165, 1.54) is 14.0 Å². The van der Waals surface area contributed by atoms with Crippen molar-refractivity contribution in [3.05, 3.63) is 29.1 Å². The maximum atomic E-state index is 13.5. The van der Waals surface area contributed by atoms with Crippen molar-refractivity contribution < 1.29 is 22.7 Å². The number of benzene rings is 1. The van der Waals surface area contributed by atoms with E-state index in [-0.39, 0.29) is 6.61 Å². The zero-order valence-corrected chi connectivity index (χ0v) is 8.73. The molecule has 1 amide bonds. The van der Waals surface area contributed by atoms with E-state index in [4.69, 9.17) is 0 Å². The molecule has 0 unspecified atom stereocenters. The molecule has 6 heteroatoms. The van der Waals surface area contributed by atoms with Gasteiger partial charge in [0.25, 0.3) is 5.91 Å². The monoisotopic (exact) mass is 233 g/mol. The molecule has 0 aliphatic rings. The Labute approximate surface area is 90.2 Å². The number of rotatable bonds is 3. The van der Waals surface area contributed by atoms with Gasteiger partial charge in [0.15, 0.2) is 17.4 Å². The number of carbonyl (C=O) groups excluding carboxylic acids is 1. The lowest BCUT2D eigenvalue weighted by Crippen LogP contribution is -2.20. The van der Waals surface area contributed by atoms with Gasteiger partial charge in [0, 0.05) is 7.05 Å². The highest BCUT2D eigenvalue weighted by Crippen LogP contribution is 2.27. The Hall–Kier alpha value is -1.72. The number of hydrogen-bond acceptors (Lipinski definition) is 2. The maximum Gasteiger partial charge on any atom is 0.254 e. The molecule has 0 aliphatic carbocycles. The number of hydrogen-bond donors (Lipinski definition) is 1. The van der Waals surface area contributed by atoms with Gasteiger partial charge in [-0.25, -0.2) is 8.78 Å². The summed E-state index contributed by atoms with van der Waals surface area (Å²) in [5.74, 6) is -5.70. The van der Waals surface area contributed by atoms with Gasteiger partial charge in [-0.2, -0.15) is 4.39 Å². The second kappa shape index (κ2) is 4.87. The average Bonchev–Trinajstić information content (AvgIpc) is 2.28. The van der Waals surface area contributed by atoms with Crippen LogP contribution in [0.25, 0.3) is 0 Å². The predicted octanol–water partition coefficient (Wildman–Crippen LogP) is 1.86. The minimum Gasteiger partial charge on any atom is -0.488 e. The summed E-state index contributed by atoms with van der Waals surface area (Å²) in [4.78, 5) is 11.2. The Morgan fingerprint density at radius 3 is 2.50 bits per heavy atom. The average molecular weight is 233 g/mol. The van der Waals surface area contributed by atoms with Crippen LogP contribution in [0.3, 0.4) is 0 Å². The summed E-state index contributed by atoms with van der Waals surface area (Å²) in [6.07, 6.45) is 0. The van der Waals surface area contributed by atoms with Gasteiger partial charge < -0.3 is 10.1 Å². The van der Waals surface area contributed by atoms with Crippen molar-refractivity contribution in [2.45, 2.75) is 6.92 Å². The molecular formula is C10H10F3NO2. The fourth-order valence-electron chi connectivity index (χ4n) is 1.15. The molecule has 0 radical (unpaired) electrons. The van der Waals surface area contributed by atoms with Crippen LogP contribution in [0.2, 0.25) is 0 Å². The lowest BCUT2D eigenvalue weighted by Gasteiger charge is -2.09. The van der Waals surface area contributed by atoms with Crippen molar-refractivity contribution in [1.82, 2.24) is 5.32 Å². The van der Waals surface area contributed by atoms with Gasteiger partial charge in [-0.1, -0.05) is 0 Å². The molecule has 0 spiro atoms. The van der Waals surface area contributed by atoms with Crippen LogP contribution in [0.5, 0.6) is 5.75 Å². The molecule has 1 aromatic carbocycles. The first kappa shape index (κ1) is 12.4. The molecule has 0 saturated heterocycles. The number of carbonyl (C=O) groups is 1. The van der Waals surface area contributed by atoms with Crippen molar-refractivity contribution in [3.8, 4) is 5.75 Å². The third-order valence-corrected chi connectivity index (χ3v) is 1.88. The molecule has 0 saturated carbocycles. The van der Waals surface area contributed by atoms with Crippen molar-refractivity contribution in [2.24, 2.45) is 0 Å². The largest absolute Gasteiger partial charge is 0.488 e. The molecule has 1 rings (SSSR count). The van der Waals surface area contributed by atoms with Gasteiger partial charge in [0.1, 0.15) is 0 Å². The minimum absolute atomic E-state index is 0.0372. The molecule has 1 aromatic rings. The van der Waals surface area contributed by atoms with E-state index in [0.29, 0.717) is 6.07 Å². The Balaban J connectivity index is 3.37. The van der Waals surface area contributed by atoms with E-state index >= 15 is 0 Å². The van der Waals surface area contributed by atoms with Gasteiger partial charge in [-0.05, 0) is 13.0 Å². The second-order valence-corrected chi connectivity index (χ2v) is 2.88. The van der Waals surface area contributed by atoms with E-state index in [1.54, 1.807) is 0 Å². The zero-order valence-electron chi connectivity index (χ0n) is 8.73. The standard InChI is InChI=1S/C10H10F3NO2/c1-3-16-9-7(12)5(10(15)14-2)4-6(11)8(9)13/h4H,3H2,1-2H3,(H,14,15). The molecule has 16 heavy (non-hydrogen) atoms. The van der Waals surface area contributed by atoms with Crippen LogP contribution in [-0.2, 0) is 0 Å². The summed E-state index contributed by atoms with van der Waals surface area (Å²) in [5, 5.41) is 2.11. The highest BCUT2D eigenvalue weighted by molar-refractivity contribution is 5.94. The molecule has 3 nitrogen and oxygen atoms in total. The third-order valence-electron chi connectivity index (χ3n) is 1.88. The Morgan fingerprint density at radius 1 is 1.38 bits per heavy atom. The molecule has 0 aromatic heterocycles. The van der Waals surface area contributed by atoms with E-state index in [9.17, 15) is 18.0 Å². The van der Waals surface area contributed by atoms with Gasteiger partial charge in [-0.3, -0.25) is 4.79 Å². The molecule has 0 aliphatic heterocycles. The quantitative estimate of drug-likeness (QED) is 0.809. The molecule has 0 atom stereocenters. The molecule has 88 valence electrons. The molecule has 0 heterocycles. The van der Waals surface area contributed by atoms with E-state index in [0.717, 1.165) is 0 Å². The van der Waals surface area contributed by atoms with Crippen LogP contribution in [-0.4, -0.2) is 19.6 Å². The molecular weight excluding hydrogens is 223 g/mol. The fourth-order valence-corrected chi connectivity index (χ4v) is 1.15. The van der Waals surface area contributed by atoms with Gasteiger partial charge in [0.2, 0.25) is 5.82 Å². The van der Waals surface area contributed by atoms with Crippen LogP contribution in [0.4, 0.5) is 13.2 Å². The second-order valence-electron chi connectivity index (χ2n) is 2.88. The van der Waals surface area contributed by atoms with Gasteiger partial charge in [-0.15, -0.1) is 0 Å². The molecule has 0 bridgehead atoms. The zero-order chi connectivity index (χ0) is 12.3. The first-order valence-corrected chi connectivity index (χ1v) is 4.55. The summed E-state index contributed by atoms with van der Waals surface area (Å²) >= 11 is 0. The maximum absolute atomic E-state index is 13.5. The van der Waals surface area contributed by atoms with Gasteiger partial charge >= 0.3 is 0 Å². The summed E-state index contributed by atoms with van der Waals surface area (Å²) in [5.41, 5.74) is -0.593. The summed E-state index contributed by atoms with van der Waals surface area (Å²) in [6.45, 7) is 1.45. The normalized spacial score (nSPS) is 10.1. The Bertz CT molecular complexity index is 421. The van der Waals surface area contributed by atoms with Crippen LogP contribution >= 0.6 is 0 Å². The van der Waals surface area contributed by atoms with Crippen LogP contribution in [0.15, 0.2) is 6.07 Å². The lowest BCUT2D eigenvalue weighted by molar-refractivity contribution is 0.0957. The highest BCUT2D eigenvalue weighted by atomic mass is 19.2. The minimum atomic E-state index is -1.44. The topological polar surface area (TPSA) is 38.3 Å². The number of nitrogens with one attached hydrogen (secondary N) is 1. The fraction of sp³-hybridized carbons (Fsp3) is 0.300.